The lowest BCUT2D eigenvalue weighted by atomic mass is 10.0. The Morgan fingerprint density at radius 2 is 1.96 bits per heavy atom. The van der Waals surface area contributed by atoms with Crippen molar-refractivity contribution in [3.63, 3.8) is 0 Å². The Labute approximate surface area is 153 Å². The average Bonchev–Trinajstić information content (AvgIpc) is 3.15. The minimum Gasteiger partial charge on any atom is -0.379 e. The molecule has 1 aromatic heterocycles. The summed E-state index contributed by atoms with van der Waals surface area (Å²) in [5.41, 5.74) is 0.809. The van der Waals surface area contributed by atoms with E-state index in [2.05, 4.69) is 34.2 Å². The molecular weight excluding hydrogens is 332 g/mol. The van der Waals surface area contributed by atoms with Crippen LogP contribution in [0, 0.1) is 0 Å². The Kier molecular flexibility index (Phi) is 6.00. The first-order valence-electron chi connectivity index (χ1n) is 9.02. The number of amides is 1. The van der Waals surface area contributed by atoms with Crippen LogP contribution in [0.2, 0.25) is 0 Å². The van der Waals surface area contributed by atoms with Gasteiger partial charge in [0.2, 0.25) is 17.6 Å². The van der Waals surface area contributed by atoms with E-state index in [0.717, 1.165) is 31.9 Å². The van der Waals surface area contributed by atoms with Gasteiger partial charge in [-0.05, 0) is 13.8 Å². The number of nitrogens with one attached hydrogen (secondary N) is 1. The molecule has 0 atom stereocenters. The summed E-state index contributed by atoms with van der Waals surface area (Å²) >= 11 is 0. The van der Waals surface area contributed by atoms with Crippen molar-refractivity contribution in [1.82, 2.24) is 20.4 Å². The molecule has 0 radical (unpaired) electrons. The quantitative estimate of drug-likeness (QED) is 0.814. The zero-order chi connectivity index (χ0) is 18.4. The molecule has 1 saturated heterocycles. The third-order valence-corrected chi connectivity index (χ3v) is 4.65. The van der Waals surface area contributed by atoms with Crippen molar-refractivity contribution in [3.05, 3.63) is 36.2 Å². The summed E-state index contributed by atoms with van der Waals surface area (Å²) in [5, 5.41) is 6.99. The zero-order valence-electron chi connectivity index (χ0n) is 15.4. The van der Waals surface area contributed by atoms with Crippen LogP contribution in [0.1, 0.15) is 26.2 Å². The van der Waals surface area contributed by atoms with Gasteiger partial charge in [0.05, 0.1) is 13.2 Å². The van der Waals surface area contributed by atoms with Gasteiger partial charge in [-0.15, -0.1) is 0 Å². The number of aryl methyl sites for hydroxylation is 1. The van der Waals surface area contributed by atoms with Gasteiger partial charge < -0.3 is 14.6 Å². The molecular formula is C19H26N4O3. The van der Waals surface area contributed by atoms with E-state index in [1.807, 2.05) is 30.3 Å². The predicted molar refractivity (Wildman–Crippen MR) is 97.5 cm³/mol. The van der Waals surface area contributed by atoms with E-state index in [4.69, 9.17) is 9.26 Å². The van der Waals surface area contributed by atoms with Crippen LogP contribution in [-0.2, 0) is 16.0 Å². The highest BCUT2D eigenvalue weighted by Crippen LogP contribution is 2.16. The maximum absolute atomic E-state index is 12.2. The van der Waals surface area contributed by atoms with Crippen LogP contribution in [0.5, 0.6) is 0 Å². The van der Waals surface area contributed by atoms with E-state index in [9.17, 15) is 4.79 Å². The molecule has 1 amide bonds. The third kappa shape index (κ3) is 4.89. The number of nitrogens with zero attached hydrogens (tertiary/aromatic N) is 3. The summed E-state index contributed by atoms with van der Waals surface area (Å²) in [6.07, 6.45) is 0.763. The van der Waals surface area contributed by atoms with E-state index in [-0.39, 0.29) is 11.4 Å². The van der Waals surface area contributed by atoms with Gasteiger partial charge >= 0.3 is 0 Å². The molecule has 1 N–H and O–H groups in total. The smallest absolute Gasteiger partial charge is 0.227 e. The standard InChI is InChI=1S/C19H26N4O3/c1-19(2,23-10-12-25-13-11-23)14-20-16(24)8-9-17-21-18(22-26-17)15-6-4-3-5-7-15/h3-7H,8-14H2,1-2H3,(H,20,24). The Morgan fingerprint density at radius 1 is 1.23 bits per heavy atom. The number of morpholine rings is 1. The molecule has 0 spiro atoms. The minimum atomic E-state index is -0.0929. The number of carbonyl (C=O) groups is 1. The molecule has 140 valence electrons. The molecule has 7 heteroatoms. The first kappa shape index (κ1) is 18.5. The Morgan fingerprint density at radius 3 is 2.69 bits per heavy atom. The van der Waals surface area contributed by atoms with Crippen molar-refractivity contribution in [3.8, 4) is 11.4 Å². The van der Waals surface area contributed by atoms with Gasteiger partial charge in [-0.2, -0.15) is 4.98 Å². The van der Waals surface area contributed by atoms with Crippen molar-refractivity contribution in [2.45, 2.75) is 32.2 Å². The molecule has 1 aromatic carbocycles. The molecule has 0 unspecified atom stereocenters. The van der Waals surface area contributed by atoms with Crippen LogP contribution in [0.3, 0.4) is 0 Å². The number of rotatable bonds is 7. The second-order valence-electron chi connectivity index (χ2n) is 7.07. The van der Waals surface area contributed by atoms with E-state index >= 15 is 0 Å². The summed E-state index contributed by atoms with van der Waals surface area (Å²) < 4.78 is 10.6. The number of carbonyl (C=O) groups excluding carboxylic acids is 1. The largest absolute Gasteiger partial charge is 0.379 e. The minimum absolute atomic E-state index is 0.00852. The second-order valence-corrected chi connectivity index (χ2v) is 7.07. The van der Waals surface area contributed by atoms with Gasteiger partial charge in [-0.3, -0.25) is 9.69 Å². The number of hydrogen-bond acceptors (Lipinski definition) is 6. The Balaban J connectivity index is 1.45. The van der Waals surface area contributed by atoms with Crippen LogP contribution in [0.25, 0.3) is 11.4 Å². The first-order valence-corrected chi connectivity index (χ1v) is 9.02. The fraction of sp³-hybridized carbons (Fsp3) is 0.526. The fourth-order valence-corrected chi connectivity index (χ4v) is 2.97. The van der Waals surface area contributed by atoms with Gasteiger partial charge in [-0.25, -0.2) is 0 Å². The summed E-state index contributed by atoms with van der Waals surface area (Å²) in [4.78, 5) is 18.9. The van der Waals surface area contributed by atoms with E-state index in [0.29, 0.717) is 31.1 Å². The maximum atomic E-state index is 12.2. The normalized spacial score (nSPS) is 15.8. The van der Waals surface area contributed by atoms with Crippen LogP contribution < -0.4 is 5.32 Å². The Bertz CT molecular complexity index is 709. The summed E-state index contributed by atoms with van der Waals surface area (Å²) in [7, 11) is 0. The van der Waals surface area contributed by atoms with Crippen LogP contribution in [-0.4, -0.2) is 59.3 Å². The number of aromatic nitrogens is 2. The fourth-order valence-electron chi connectivity index (χ4n) is 2.97. The van der Waals surface area contributed by atoms with E-state index in [1.54, 1.807) is 0 Å². The van der Waals surface area contributed by atoms with Crippen molar-refractivity contribution >= 4 is 5.91 Å². The molecule has 1 aliphatic rings. The van der Waals surface area contributed by atoms with Gasteiger partial charge in [0.15, 0.2) is 0 Å². The molecule has 0 saturated carbocycles. The summed E-state index contributed by atoms with van der Waals surface area (Å²) in [6.45, 7) is 8.17. The third-order valence-electron chi connectivity index (χ3n) is 4.65. The lowest BCUT2D eigenvalue weighted by Crippen LogP contribution is -2.55. The van der Waals surface area contributed by atoms with Crippen molar-refractivity contribution < 1.29 is 14.1 Å². The molecule has 1 fully saturated rings. The lowest BCUT2D eigenvalue weighted by molar-refractivity contribution is -0.122. The molecule has 26 heavy (non-hydrogen) atoms. The topological polar surface area (TPSA) is 80.5 Å². The SMILES string of the molecule is CC(C)(CNC(=O)CCc1nc(-c2ccccc2)no1)N1CCOCC1. The first-order chi connectivity index (χ1) is 12.5. The van der Waals surface area contributed by atoms with Gasteiger partial charge in [0.1, 0.15) is 0 Å². The second kappa shape index (κ2) is 8.42. The highest BCUT2D eigenvalue weighted by molar-refractivity contribution is 5.76. The van der Waals surface area contributed by atoms with Crippen molar-refractivity contribution in [2.24, 2.45) is 0 Å². The van der Waals surface area contributed by atoms with E-state index in [1.165, 1.54) is 0 Å². The van der Waals surface area contributed by atoms with Gasteiger partial charge in [0.25, 0.3) is 0 Å². The van der Waals surface area contributed by atoms with Crippen LogP contribution in [0.4, 0.5) is 0 Å². The highest BCUT2D eigenvalue weighted by Gasteiger charge is 2.28. The molecule has 7 nitrogen and oxygen atoms in total. The molecule has 2 heterocycles. The molecule has 2 aromatic rings. The van der Waals surface area contributed by atoms with Gasteiger partial charge in [0, 0.05) is 43.6 Å². The summed E-state index contributed by atoms with van der Waals surface area (Å²) in [5.74, 6) is 1.02. The zero-order valence-corrected chi connectivity index (χ0v) is 15.4. The maximum Gasteiger partial charge on any atom is 0.227 e. The molecule has 1 aliphatic heterocycles. The Hall–Kier alpha value is -2.25. The lowest BCUT2D eigenvalue weighted by Gasteiger charge is -2.40. The number of benzene rings is 1. The average molecular weight is 358 g/mol. The van der Waals surface area contributed by atoms with E-state index < -0.39 is 0 Å². The number of ether oxygens (including phenoxy) is 1. The van der Waals surface area contributed by atoms with Crippen molar-refractivity contribution in [1.29, 1.82) is 0 Å². The molecule has 0 aliphatic carbocycles. The van der Waals surface area contributed by atoms with Crippen LogP contribution in [0.15, 0.2) is 34.9 Å². The van der Waals surface area contributed by atoms with Crippen molar-refractivity contribution in [2.75, 3.05) is 32.8 Å². The monoisotopic (exact) mass is 358 g/mol. The predicted octanol–water partition coefficient (Wildman–Crippen LogP) is 1.90. The number of hydrogen-bond donors (Lipinski definition) is 1. The van der Waals surface area contributed by atoms with Crippen LogP contribution >= 0.6 is 0 Å². The highest BCUT2D eigenvalue weighted by atomic mass is 16.5. The summed E-state index contributed by atoms with van der Waals surface area (Å²) in [6, 6.07) is 9.64. The molecule has 0 bridgehead atoms. The van der Waals surface area contributed by atoms with Gasteiger partial charge in [-0.1, -0.05) is 35.5 Å². The molecule has 3 rings (SSSR count).